The van der Waals surface area contributed by atoms with Crippen molar-refractivity contribution in [3.05, 3.63) is 64.7 Å². The van der Waals surface area contributed by atoms with Crippen molar-refractivity contribution in [1.29, 1.82) is 0 Å². The fraction of sp³-hybridized carbons (Fsp3) is 0.409. The van der Waals surface area contributed by atoms with Crippen LogP contribution in [0.4, 0.5) is 0 Å². The maximum Gasteiger partial charge on any atom is 0.251 e. The van der Waals surface area contributed by atoms with Crippen LogP contribution in [0, 0.1) is 0 Å². The number of benzene rings is 2. The Morgan fingerprint density at radius 1 is 1.11 bits per heavy atom. The van der Waals surface area contributed by atoms with Crippen LogP contribution in [0.25, 0.3) is 0 Å². The monoisotopic (exact) mass is 422 g/mol. The number of ether oxygens (including phenoxy) is 1. The fourth-order valence-corrected chi connectivity index (χ4v) is 3.91. The second-order valence-electron chi connectivity index (χ2n) is 6.93. The summed E-state index contributed by atoms with van der Waals surface area (Å²) >= 11 is 6.49. The van der Waals surface area contributed by atoms with Crippen molar-refractivity contribution >= 4 is 29.9 Å². The molecule has 152 valence electrons. The summed E-state index contributed by atoms with van der Waals surface area (Å²) < 4.78 is 5.22. The summed E-state index contributed by atoms with van der Waals surface area (Å²) in [4.78, 5) is 15.1. The Bertz CT molecular complexity index is 762. The first-order valence-corrected chi connectivity index (χ1v) is 9.97. The van der Waals surface area contributed by atoms with Gasteiger partial charge in [-0.1, -0.05) is 48.7 Å². The molecule has 1 aliphatic heterocycles. The van der Waals surface area contributed by atoms with Crippen LogP contribution in [0.5, 0.6) is 5.75 Å². The highest BCUT2D eigenvalue weighted by molar-refractivity contribution is 6.31. The maximum absolute atomic E-state index is 12.7. The van der Waals surface area contributed by atoms with Crippen LogP contribution < -0.4 is 10.1 Å². The highest BCUT2D eigenvalue weighted by Crippen LogP contribution is 2.29. The van der Waals surface area contributed by atoms with Crippen LogP contribution in [-0.2, 0) is 0 Å². The molecule has 28 heavy (non-hydrogen) atoms. The van der Waals surface area contributed by atoms with Gasteiger partial charge in [-0.3, -0.25) is 9.69 Å². The first kappa shape index (κ1) is 22.5. The minimum absolute atomic E-state index is 0. The van der Waals surface area contributed by atoms with Crippen LogP contribution in [0.2, 0.25) is 5.02 Å². The second-order valence-corrected chi connectivity index (χ2v) is 7.34. The Balaban J connectivity index is 0.00000280. The molecular formula is C22H28Cl2N2O2. The van der Waals surface area contributed by atoms with Crippen LogP contribution in [-0.4, -0.2) is 37.6 Å². The van der Waals surface area contributed by atoms with Crippen molar-refractivity contribution in [2.75, 3.05) is 26.7 Å². The lowest BCUT2D eigenvalue weighted by Gasteiger charge is -2.31. The van der Waals surface area contributed by atoms with E-state index in [1.54, 1.807) is 19.2 Å². The summed E-state index contributed by atoms with van der Waals surface area (Å²) in [6.45, 7) is 2.59. The predicted molar refractivity (Wildman–Crippen MR) is 117 cm³/mol. The Kier molecular flexibility index (Phi) is 9.10. The number of halogens is 2. The number of hydrogen-bond donors (Lipinski definition) is 1. The molecule has 0 spiro atoms. The Morgan fingerprint density at radius 2 is 1.82 bits per heavy atom. The van der Waals surface area contributed by atoms with Crippen molar-refractivity contribution in [3.63, 3.8) is 0 Å². The summed E-state index contributed by atoms with van der Waals surface area (Å²) in [6.07, 6.45) is 4.90. The van der Waals surface area contributed by atoms with Crippen LogP contribution in [0.3, 0.4) is 0 Å². The standard InChI is InChI=1S/C22H27ClN2O2.ClH/c1-27-18-10-8-9-17(15-18)22(26)24-16-21(19-11-4-5-12-20(19)23)25-13-6-2-3-7-14-25;/h4-5,8-12,15,21H,2-3,6-7,13-14,16H2,1H3,(H,24,26);1H. The fourth-order valence-electron chi connectivity index (χ4n) is 3.64. The number of hydrogen-bond acceptors (Lipinski definition) is 3. The van der Waals surface area contributed by atoms with E-state index in [4.69, 9.17) is 16.3 Å². The van der Waals surface area contributed by atoms with Gasteiger partial charge in [0.1, 0.15) is 5.75 Å². The molecule has 2 aromatic rings. The van der Waals surface area contributed by atoms with Gasteiger partial charge in [0.05, 0.1) is 13.2 Å². The number of carbonyl (C=O) groups is 1. The third-order valence-corrected chi connectivity index (χ3v) is 5.48. The summed E-state index contributed by atoms with van der Waals surface area (Å²) in [5.41, 5.74) is 1.68. The molecule has 0 aliphatic carbocycles. The predicted octanol–water partition coefficient (Wildman–Crippen LogP) is 5.12. The average molecular weight is 423 g/mol. The van der Waals surface area contributed by atoms with E-state index in [2.05, 4.69) is 16.3 Å². The molecule has 1 heterocycles. The molecule has 1 aliphatic rings. The van der Waals surface area contributed by atoms with Crippen molar-refractivity contribution in [2.24, 2.45) is 0 Å². The van der Waals surface area contributed by atoms with Crippen LogP contribution in [0.15, 0.2) is 48.5 Å². The zero-order valence-corrected chi connectivity index (χ0v) is 17.8. The molecule has 1 unspecified atom stereocenters. The first-order chi connectivity index (χ1) is 13.2. The normalized spacial score (nSPS) is 15.8. The van der Waals surface area contributed by atoms with Crippen molar-refractivity contribution in [3.8, 4) is 5.75 Å². The number of nitrogens with zero attached hydrogens (tertiary/aromatic N) is 1. The number of amides is 1. The molecular weight excluding hydrogens is 395 g/mol. The van der Waals surface area contributed by atoms with Gasteiger partial charge in [-0.05, 0) is 55.8 Å². The van der Waals surface area contributed by atoms with Gasteiger partial charge in [0.25, 0.3) is 5.91 Å². The number of likely N-dealkylation sites (tertiary alicyclic amines) is 1. The van der Waals surface area contributed by atoms with Crippen LogP contribution >= 0.6 is 24.0 Å². The highest BCUT2D eigenvalue weighted by Gasteiger charge is 2.24. The minimum Gasteiger partial charge on any atom is -0.497 e. The van der Waals surface area contributed by atoms with E-state index in [0.717, 1.165) is 23.7 Å². The lowest BCUT2D eigenvalue weighted by atomic mass is 10.0. The zero-order valence-electron chi connectivity index (χ0n) is 16.2. The van der Waals surface area contributed by atoms with Crippen LogP contribution in [0.1, 0.15) is 47.6 Å². The van der Waals surface area contributed by atoms with E-state index in [-0.39, 0.29) is 24.4 Å². The molecule has 1 saturated heterocycles. The number of methoxy groups -OCH3 is 1. The topological polar surface area (TPSA) is 41.6 Å². The lowest BCUT2D eigenvalue weighted by molar-refractivity contribution is 0.0933. The largest absolute Gasteiger partial charge is 0.497 e. The molecule has 3 rings (SSSR count). The molecule has 0 radical (unpaired) electrons. The molecule has 0 saturated carbocycles. The molecule has 1 atom stereocenters. The van der Waals surface area contributed by atoms with Gasteiger partial charge in [0.15, 0.2) is 0 Å². The van der Waals surface area contributed by atoms with E-state index >= 15 is 0 Å². The van der Waals surface area contributed by atoms with Crippen molar-refractivity contribution < 1.29 is 9.53 Å². The Hall–Kier alpha value is -1.75. The molecule has 6 heteroatoms. The van der Waals surface area contributed by atoms with E-state index in [1.165, 1.54) is 25.7 Å². The van der Waals surface area contributed by atoms with Crippen molar-refractivity contribution in [2.45, 2.75) is 31.7 Å². The summed E-state index contributed by atoms with van der Waals surface area (Å²) in [5, 5.41) is 3.85. The Morgan fingerprint density at radius 3 is 2.50 bits per heavy atom. The van der Waals surface area contributed by atoms with Gasteiger partial charge in [-0.15, -0.1) is 12.4 Å². The minimum atomic E-state index is -0.0965. The number of carbonyl (C=O) groups excluding carboxylic acids is 1. The quantitative estimate of drug-likeness (QED) is 0.702. The number of rotatable bonds is 6. The first-order valence-electron chi connectivity index (χ1n) is 9.60. The third kappa shape index (κ3) is 5.87. The molecule has 1 fully saturated rings. The SMILES string of the molecule is COc1cccc(C(=O)NCC(c2ccccc2Cl)N2CCCCCC2)c1.Cl. The van der Waals surface area contributed by atoms with Gasteiger partial charge in [-0.2, -0.15) is 0 Å². The summed E-state index contributed by atoms with van der Waals surface area (Å²) in [5.74, 6) is 0.582. The highest BCUT2D eigenvalue weighted by atomic mass is 35.5. The molecule has 2 aromatic carbocycles. The number of nitrogens with one attached hydrogen (secondary N) is 1. The van der Waals surface area contributed by atoms with Gasteiger partial charge >= 0.3 is 0 Å². The van der Waals surface area contributed by atoms with Gasteiger partial charge in [-0.25, -0.2) is 0 Å². The summed E-state index contributed by atoms with van der Waals surface area (Å²) in [7, 11) is 1.60. The maximum atomic E-state index is 12.7. The third-order valence-electron chi connectivity index (χ3n) is 5.13. The van der Waals surface area contributed by atoms with Gasteiger partial charge < -0.3 is 10.1 Å². The Labute approximate surface area is 178 Å². The van der Waals surface area contributed by atoms with E-state index in [0.29, 0.717) is 17.9 Å². The molecule has 1 amide bonds. The smallest absolute Gasteiger partial charge is 0.251 e. The molecule has 0 bridgehead atoms. The van der Waals surface area contributed by atoms with E-state index in [1.807, 2.05) is 30.3 Å². The lowest BCUT2D eigenvalue weighted by Crippen LogP contribution is -2.38. The molecule has 0 aromatic heterocycles. The molecule has 1 N–H and O–H groups in total. The van der Waals surface area contributed by atoms with E-state index in [9.17, 15) is 4.79 Å². The van der Waals surface area contributed by atoms with Gasteiger partial charge in [0, 0.05) is 17.1 Å². The zero-order chi connectivity index (χ0) is 19.1. The van der Waals surface area contributed by atoms with Crippen molar-refractivity contribution in [1.82, 2.24) is 10.2 Å². The van der Waals surface area contributed by atoms with Gasteiger partial charge in [0.2, 0.25) is 0 Å². The molecule has 4 nitrogen and oxygen atoms in total. The summed E-state index contributed by atoms with van der Waals surface area (Å²) in [6, 6.07) is 15.2. The van der Waals surface area contributed by atoms with E-state index < -0.39 is 0 Å². The second kappa shape index (κ2) is 11.3. The average Bonchev–Trinajstić information content (AvgIpc) is 2.99.